The van der Waals surface area contributed by atoms with Gasteiger partial charge in [-0.25, -0.2) is 0 Å². The first kappa shape index (κ1) is 118. The van der Waals surface area contributed by atoms with E-state index in [1.165, 1.54) is 0 Å². The van der Waals surface area contributed by atoms with Gasteiger partial charge in [0.2, 0.25) is 0 Å². The zero-order chi connectivity index (χ0) is 105. The Hall–Kier alpha value is -2.64. The van der Waals surface area contributed by atoms with Crippen LogP contribution in [0.15, 0.2) is 0 Å². The lowest BCUT2D eigenvalue weighted by Crippen LogP contribution is -2.69. The topological polar surface area (TPSA) is 1060 Å². The normalized spacial score (nSPS) is 53.9. The Balaban J connectivity index is 0.764. The van der Waals surface area contributed by atoms with E-state index in [0.29, 0.717) is 0 Å². The molecule has 13 aliphatic rings. The molecule has 66 heteroatoms. The molecule has 144 heavy (non-hydrogen) atoms. The van der Waals surface area contributed by atoms with Gasteiger partial charge in [0.1, 0.15) is 317 Å². The van der Waals surface area contributed by atoms with Gasteiger partial charge in [-0.05, 0) is 0 Å². The second-order valence-corrected chi connectivity index (χ2v) is 36.4. The van der Waals surface area contributed by atoms with Crippen molar-refractivity contribution in [3.63, 3.8) is 0 Å². The van der Waals surface area contributed by atoms with Crippen molar-refractivity contribution in [1.82, 2.24) is 0 Å². The SMILES string of the molecule is OC[C@H]1O[C@@H](O[C@@H]2[C@@H](O)[C@H](O[C@@H]3[C@@H](O)[C@H](O[C@@H]4[C@@H](O)[C@H](OC[C@H]5O[C@@H](O[C@@H]6[C@@H](O)[C@H](O[C@@H]7[C@@H](O)[C@H](O[C@@H]8[C@@H](O)[C@H](O[C@@H]9[C@@H](O)[C@H](O)O[C@H](CO)[C@H]9O)O[C@H](CO)[C@H]8O)O[C@H](CO)[C@H]7O)O[C@H](CO)[C@H]6O)[C@H](O)[C@@H](O[C@@H]6O[C@H](CO)[C@@H](O)[C@H](O[C@@H]7O[C@H](CO)[C@@H](O)[C@H](O[C@@H]8O[C@H](CO)[C@@H](O)[C@H](O[C@@H]9O[C@H](CO)[C@@H](O)[C@H](O)[C@H]9O)[C@H]8O)[C@H]7O)[C@H]6O)[C@@H]5O)O[C@H](CO)[C@H]4O)O[C@H](CO)[C@H]3O)O[C@H](CO)[C@H]2O)[C@H](O)[C@@H](O)[C@@H]1O. The van der Waals surface area contributed by atoms with Crippen LogP contribution in [0.2, 0.25) is 0 Å². The minimum Gasteiger partial charge on any atom is -0.394 e. The molecule has 0 unspecified atom stereocenters. The Morgan fingerprint density at radius 3 is 0.417 bits per heavy atom. The van der Waals surface area contributed by atoms with E-state index in [2.05, 4.69) is 0 Å². The lowest BCUT2D eigenvalue weighted by Gasteiger charge is -2.50. The average molecular weight is 2130 g/mol. The maximum absolute atomic E-state index is 12.6. The Morgan fingerprint density at radius 1 is 0.118 bits per heavy atom. The van der Waals surface area contributed by atoms with Crippen molar-refractivity contribution in [2.45, 2.75) is 399 Å². The minimum absolute atomic E-state index is 0.972. The van der Waals surface area contributed by atoms with Crippen molar-refractivity contribution in [3.8, 4) is 0 Å². The fourth-order valence-corrected chi connectivity index (χ4v) is 18.8. The highest BCUT2D eigenvalue weighted by Gasteiger charge is 2.64. The van der Waals surface area contributed by atoms with Gasteiger partial charge in [0.15, 0.2) is 81.8 Å². The van der Waals surface area contributed by atoms with Gasteiger partial charge in [0, 0.05) is 0 Å². The first-order valence-corrected chi connectivity index (χ1v) is 45.8. The number of aliphatic hydroxyl groups is 41. The molecule has 0 aromatic carbocycles. The van der Waals surface area contributed by atoms with Crippen LogP contribution >= 0.6 is 0 Å². The molecule has 13 heterocycles. The van der Waals surface area contributed by atoms with Crippen molar-refractivity contribution < 1.29 is 328 Å². The molecule has 66 nitrogen and oxygen atoms in total. The Morgan fingerprint density at radius 2 is 0.243 bits per heavy atom. The van der Waals surface area contributed by atoms with E-state index in [0.717, 1.165) is 0 Å². The summed E-state index contributed by atoms with van der Waals surface area (Å²) in [4.78, 5) is 0. The molecule has 0 aromatic heterocycles. The summed E-state index contributed by atoms with van der Waals surface area (Å²) >= 11 is 0. The highest BCUT2D eigenvalue weighted by molar-refractivity contribution is 5.06. The molecule has 0 aliphatic carbocycles. The largest absolute Gasteiger partial charge is 0.394 e. The fraction of sp³-hybridized carbons (Fsp3) is 1.00. The van der Waals surface area contributed by atoms with Crippen molar-refractivity contribution in [1.29, 1.82) is 0 Å². The van der Waals surface area contributed by atoms with Crippen LogP contribution in [0.3, 0.4) is 0 Å². The summed E-state index contributed by atoms with van der Waals surface area (Å²) in [6.07, 6.45) is -145. The standard InChI is InChI=1S/C78H132O66/c79-1-14-27(91)40(104)42(106)68(123-14)135-57-31(95)18(5-83)127-72(46(57)110)139-60-34(98)21(8-86)126-71(49(60)113)137-56-30(94)17(4-82)122-67(45(56)109)120-13-26-39(103)65(144-77-52(116)63(37(101)24(11-89)132-77)142-75-50(114)61(35(99)22(9-87)130-75)140-73-47(111)58(32(96)19(6-84)128-73)136-69-43(107)41(105)28(92)15(2-80)124-69)54(118)78(133-26)143-64-38(102)25(12-90)131-76(53(64)117)141-62-36(100)23(10-88)129-74(51(62)115)138-59-33(97)20(7-85)125-70(48(59)112)134-55-29(93)16(3-81)121-66(119)44(55)108/h14-119H,1-13H2/t14-,15-,16-,17-,18-,19-,20-,21-,22-,23-,24-,25-,26-,27-,28-,29-,30-,31-,32-,33-,34-,35-,36-,37-,38-,39-,40+,41+,42-,43-,44-,45-,46-,47-,48-,49-,50-,51-,52-,53-,54-,55+,56+,57+,58+,59+,60+,61+,62+,63+,64+,65+,66-,67-,68+,69+,70+,71+,72+,73+,74+,75+,76+,77+,78+/m1/s1. The minimum atomic E-state index is -2.75. The molecule has 65 atom stereocenters. The number of hydrogen-bond acceptors (Lipinski definition) is 66. The smallest absolute Gasteiger partial charge is 0.187 e. The summed E-state index contributed by atoms with van der Waals surface area (Å²) in [5.74, 6) is 0. The van der Waals surface area contributed by atoms with Crippen LogP contribution in [-0.2, 0) is 118 Å². The monoisotopic (exact) mass is 2120 g/mol. The second kappa shape index (κ2) is 51.4. The Bertz CT molecular complexity index is 3800. The van der Waals surface area contributed by atoms with Gasteiger partial charge in [-0.1, -0.05) is 0 Å². The van der Waals surface area contributed by atoms with Crippen molar-refractivity contribution in [2.75, 3.05) is 85.9 Å². The van der Waals surface area contributed by atoms with Crippen LogP contribution in [-0.4, -0.2) is 694 Å². The second-order valence-electron chi connectivity index (χ2n) is 36.4. The summed E-state index contributed by atoms with van der Waals surface area (Å²) in [7, 11) is 0. The van der Waals surface area contributed by atoms with Crippen molar-refractivity contribution in [3.05, 3.63) is 0 Å². The molecule has 0 bridgehead atoms. The van der Waals surface area contributed by atoms with Gasteiger partial charge in [-0.15, -0.1) is 0 Å². The van der Waals surface area contributed by atoms with Gasteiger partial charge in [0.25, 0.3) is 0 Å². The predicted molar refractivity (Wildman–Crippen MR) is 428 cm³/mol. The van der Waals surface area contributed by atoms with Crippen LogP contribution in [0.4, 0.5) is 0 Å². The van der Waals surface area contributed by atoms with Crippen LogP contribution in [0.1, 0.15) is 0 Å². The first-order chi connectivity index (χ1) is 68.4. The van der Waals surface area contributed by atoms with Gasteiger partial charge in [0.05, 0.1) is 85.9 Å². The van der Waals surface area contributed by atoms with Gasteiger partial charge < -0.3 is 328 Å². The summed E-state index contributed by atoms with van der Waals surface area (Å²) in [5.41, 5.74) is 0. The highest BCUT2D eigenvalue weighted by atomic mass is 16.8. The molecule has 0 spiro atoms. The molecule has 840 valence electrons. The fourth-order valence-electron chi connectivity index (χ4n) is 18.8. The molecule has 41 N–H and O–H groups in total. The van der Waals surface area contributed by atoms with Crippen molar-refractivity contribution in [2.24, 2.45) is 0 Å². The number of aliphatic hydroxyl groups excluding tert-OH is 41. The Labute approximate surface area is 810 Å². The third kappa shape index (κ3) is 24.4. The molecule has 0 saturated carbocycles. The lowest BCUT2D eigenvalue weighted by atomic mass is 9.94. The molecule has 0 radical (unpaired) electrons. The predicted octanol–water partition coefficient (Wildman–Crippen LogP) is -29.3. The number of rotatable bonds is 37. The third-order valence-corrected chi connectivity index (χ3v) is 27.2. The summed E-state index contributed by atoms with van der Waals surface area (Å²) in [5, 5.41) is 457. The molecule has 13 saturated heterocycles. The first-order valence-electron chi connectivity index (χ1n) is 45.8. The summed E-state index contributed by atoms with van der Waals surface area (Å²) in [6.45, 7) is -15.3. The molecular weight excluding hydrogens is 1990 g/mol. The molecular formula is C78H132O66. The van der Waals surface area contributed by atoms with E-state index in [1.54, 1.807) is 0 Å². The van der Waals surface area contributed by atoms with Crippen molar-refractivity contribution >= 4 is 0 Å². The van der Waals surface area contributed by atoms with Gasteiger partial charge in [-0.3, -0.25) is 0 Å². The van der Waals surface area contributed by atoms with E-state index >= 15 is 0 Å². The van der Waals surface area contributed by atoms with E-state index < -0.39 is 485 Å². The Kier molecular flexibility index (Phi) is 42.2. The van der Waals surface area contributed by atoms with Gasteiger partial charge >= 0.3 is 0 Å². The van der Waals surface area contributed by atoms with Crippen LogP contribution in [0.5, 0.6) is 0 Å². The van der Waals surface area contributed by atoms with Crippen LogP contribution in [0.25, 0.3) is 0 Å². The average Bonchev–Trinajstić information content (AvgIpc) is 0.766. The van der Waals surface area contributed by atoms with E-state index in [9.17, 15) is 209 Å². The van der Waals surface area contributed by atoms with E-state index in [-0.39, 0.29) is 0 Å². The number of hydrogen-bond donors (Lipinski definition) is 41. The van der Waals surface area contributed by atoms with Gasteiger partial charge in [-0.2, -0.15) is 0 Å². The highest BCUT2D eigenvalue weighted by Crippen LogP contribution is 2.44. The zero-order valence-corrected chi connectivity index (χ0v) is 75.3. The molecule has 13 fully saturated rings. The summed E-state index contributed by atoms with van der Waals surface area (Å²) < 4.78 is 143. The van der Waals surface area contributed by atoms with E-state index in [1.807, 2.05) is 0 Å². The molecule has 13 aliphatic heterocycles. The van der Waals surface area contributed by atoms with E-state index in [4.69, 9.17) is 118 Å². The quantitative estimate of drug-likeness (QED) is 0.0275. The maximum atomic E-state index is 12.6. The van der Waals surface area contributed by atoms with Crippen LogP contribution < -0.4 is 0 Å². The number of ether oxygens (including phenoxy) is 25. The molecule has 0 amide bonds. The zero-order valence-electron chi connectivity index (χ0n) is 75.3. The van der Waals surface area contributed by atoms with Crippen LogP contribution in [0, 0.1) is 0 Å². The lowest BCUT2D eigenvalue weighted by molar-refractivity contribution is -0.405. The molecule has 0 aromatic rings. The molecule has 13 rings (SSSR count). The summed E-state index contributed by atoms with van der Waals surface area (Å²) in [6, 6.07) is 0. The third-order valence-electron chi connectivity index (χ3n) is 27.2. The maximum Gasteiger partial charge on any atom is 0.187 e.